The topological polar surface area (TPSA) is 69.6 Å². The minimum absolute atomic E-state index is 0.186. The normalized spacial score (nSPS) is 25.5. The highest BCUT2D eigenvalue weighted by Crippen LogP contribution is 2.22. The molecular formula is C14H26N2O3. The van der Waals surface area contributed by atoms with Crippen LogP contribution >= 0.6 is 0 Å². The second-order valence-electron chi connectivity index (χ2n) is 6.04. The van der Waals surface area contributed by atoms with Gasteiger partial charge in [0, 0.05) is 12.1 Å². The molecule has 1 aliphatic rings. The SMILES string of the molecule is CC(C)C[C@@H](NC(=O)CN1C(C)CCC1C)C(=O)O. The van der Waals surface area contributed by atoms with Gasteiger partial charge in [-0.2, -0.15) is 0 Å². The van der Waals surface area contributed by atoms with Crippen molar-refractivity contribution in [3.63, 3.8) is 0 Å². The molecule has 0 radical (unpaired) electrons. The van der Waals surface area contributed by atoms with Crippen LogP contribution in [0.4, 0.5) is 0 Å². The van der Waals surface area contributed by atoms with E-state index < -0.39 is 12.0 Å². The van der Waals surface area contributed by atoms with Crippen molar-refractivity contribution in [1.82, 2.24) is 10.2 Å². The molecule has 1 rings (SSSR count). The van der Waals surface area contributed by atoms with Gasteiger partial charge >= 0.3 is 5.97 Å². The average molecular weight is 270 g/mol. The Morgan fingerprint density at radius 3 is 2.21 bits per heavy atom. The van der Waals surface area contributed by atoms with Crippen LogP contribution in [0.1, 0.15) is 47.0 Å². The van der Waals surface area contributed by atoms with E-state index in [1.165, 1.54) is 0 Å². The maximum Gasteiger partial charge on any atom is 0.326 e. The van der Waals surface area contributed by atoms with E-state index in [1.54, 1.807) is 0 Å². The van der Waals surface area contributed by atoms with Crippen LogP contribution in [0.25, 0.3) is 0 Å². The van der Waals surface area contributed by atoms with Crippen LogP contribution in [0.3, 0.4) is 0 Å². The van der Waals surface area contributed by atoms with Gasteiger partial charge in [0.15, 0.2) is 0 Å². The van der Waals surface area contributed by atoms with Gasteiger partial charge in [-0.15, -0.1) is 0 Å². The minimum Gasteiger partial charge on any atom is -0.480 e. The number of carbonyl (C=O) groups is 2. The second-order valence-corrected chi connectivity index (χ2v) is 6.04. The lowest BCUT2D eigenvalue weighted by molar-refractivity contribution is -0.142. The lowest BCUT2D eigenvalue weighted by atomic mass is 10.0. The summed E-state index contributed by atoms with van der Waals surface area (Å²) in [6.45, 7) is 8.42. The van der Waals surface area contributed by atoms with Crippen molar-refractivity contribution in [3.05, 3.63) is 0 Å². The number of carboxylic acid groups (broad SMARTS) is 1. The number of nitrogens with zero attached hydrogens (tertiary/aromatic N) is 1. The Kier molecular flexibility index (Phi) is 5.79. The fourth-order valence-electron chi connectivity index (χ4n) is 2.66. The van der Waals surface area contributed by atoms with Gasteiger partial charge in [-0.3, -0.25) is 9.69 Å². The number of rotatable bonds is 6. The van der Waals surface area contributed by atoms with E-state index in [4.69, 9.17) is 5.11 Å². The first-order valence-electron chi connectivity index (χ1n) is 7.09. The summed E-state index contributed by atoms with van der Waals surface area (Å²) in [5.74, 6) is -0.899. The van der Waals surface area contributed by atoms with Crippen LogP contribution in [0.2, 0.25) is 0 Å². The maximum absolute atomic E-state index is 12.0. The molecule has 2 N–H and O–H groups in total. The standard InChI is InChI=1S/C14H26N2O3/c1-9(2)7-12(14(18)19)15-13(17)8-16-10(3)5-6-11(16)4/h9-12H,5-8H2,1-4H3,(H,15,17)(H,18,19)/t10?,11?,12-/m1/s1. The van der Waals surface area contributed by atoms with Crippen molar-refractivity contribution in [2.45, 2.75) is 65.1 Å². The van der Waals surface area contributed by atoms with Crippen LogP contribution in [-0.2, 0) is 9.59 Å². The van der Waals surface area contributed by atoms with Crippen LogP contribution in [-0.4, -0.2) is 46.6 Å². The van der Waals surface area contributed by atoms with Crippen molar-refractivity contribution >= 4 is 11.9 Å². The lowest BCUT2D eigenvalue weighted by Crippen LogP contribution is -2.48. The largest absolute Gasteiger partial charge is 0.480 e. The number of amides is 1. The van der Waals surface area contributed by atoms with E-state index in [9.17, 15) is 9.59 Å². The van der Waals surface area contributed by atoms with Gasteiger partial charge in [0.2, 0.25) is 5.91 Å². The van der Waals surface area contributed by atoms with Crippen molar-refractivity contribution in [1.29, 1.82) is 0 Å². The van der Waals surface area contributed by atoms with Crippen LogP contribution < -0.4 is 5.32 Å². The van der Waals surface area contributed by atoms with E-state index >= 15 is 0 Å². The zero-order valence-corrected chi connectivity index (χ0v) is 12.3. The summed E-state index contributed by atoms with van der Waals surface area (Å²) >= 11 is 0. The quantitative estimate of drug-likeness (QED) is 0.767. The van der Waals surface area contributed by atoms with Crippen LogP contribution in [0.5, 0.6) is 0 Å². The average Bonchev–Trinajstić information content (AvgIpc) is 2.59. The number of hydrogen-bond donors (Lipinski definition) is 2. The molecule has 0 spiro atoms. The Morgan fingerprint density at radius 2 is 1.79 bits per heavy atom. The Morgan fingerprint density at radius 1 is 1.26 bits per heavy atom. The molecule has 19 heavy (non-hydrogen) atoms. The van der Waals surface area contributed by atoms with Crippen LogP contribution in [0, 0.1) is 5.92 Å². The molecule has 0 aliphatic carbocycles. The number of likely N-dealkylation sites (tertiary alicyclic amines) is 1. The molecule has 0 aromatic heterocycles. The molecule has 1 heterocycles. The van der Waals surface area contributed by atoms with E-state index in [1.807, 2.05) is 13.8 Å². The number of nitrogens with one attached hydrogen (secondary N) is 1. The summed E-state index contributed by atoms with van der Waals surface area (Å²) < 4.78 is 0. The summed E-state index contributed by atoms with van der Waals surface area (Å²) in [5.41, 5.74) is 0. The number of carboxylic acids is 1. The van der Waals surface area contributed by atoms with Gasteiger partial charge in [-0.05, 0) is 39.0 Å². The molecule has 2 unspecified atom stereocenters. The molecule has 0 bridgehead atoms. The number of aliphatic carboxylic acids is 1. The Balaban J connectivity index is 2.50. The molecule has 5 heteroatoms. The third-order valence-electron chi connectivity index (χ3n) is 3.80. The van der Waals surface area contributed by atoms with Gasteiger partial charge < -0.3 is 10.4 Å². The predicted octanol–water partition coefficient (Wildman–Crippen LogP) is 1.47. The fourth-order valence-corrected chi connectivity index (χ4v) is 2.66. The summed E-state index contributed by atoms with van der Waals surface area (Å²) in [6.07, 6.45) is 2.66. The molecular weight excluding hydrogens is 244 g/mol. The van der Waals surface area contributed by atoms with Gasteiger partial charge in [0.05, 0.1) is 6.54 Å². The Labute approximate surface area is 115 Å². The molecule has 0 aromatic rings. The number of hydrogen-bond acceptors (Lipinski definition) is 3. The smallest absolute Gasteiger partial charge is 0.326 e. The Bertz CT molecular complexity index is 321. The summed E-state index contributed by atoms with van der Waals surface area (Å²) in [5, 5.41) is 11.7. The Hall–Kier alpha value is -1.10. The predicted molar refractivity (Wildman–Crippen MR) is 73.9 cm³/mol. The second kappa shape index (κ2) is 6.89. The van der Waals surface area contributed by atoms with Crippen molar-refractivity contribution in [2.75, 3.05) is 6.54 Å². The van der Waals surface area contributed by atoms with E-state index in [0.717, 1.165) is 12.8 Å². The molecule has 5 nitrogen and oxygen atoms in total. The molecule has 1 aliphatic heterocycles. The molecule has 0 aromatic carbocycles. The number of carbonyl (C=O) groups excluding carboxylic acids is 1. The first kappa shape index (κ1) is 16.0. The maximum atomic E-state index is 12.0. The van der Waals surface area contributed by atoms with Crippen molar-refractivity contribution in [3.8, 4) is 0 Å². The van der Waals surface area contributed by atoms with Gasteiger partial charge in [0.25, 0.3) is 0 Å². The third-order valence-corrected chi connectivity index (χ3v) is 3.80. The lowest BCUT2D eigenvalue weighted by Gasteiger charge is -2.26. The zero-order valence-electron chi connectivity index (χ0n) is 12.3. The van der Waals surface area contributed by atoms with E-state index in [0.29, 0.717) is 25.0 Å². The fraction of sp³-hybridized carbons (Fsp3) is 0.857. The first-order valence-corrected chi connectivity index (χ1v) is 7.09. The highest BCUT2D eigenvalue weighted by Gasteiger charge is 2.30. The molecule has 1 saturated heterocycles. The third kappa shape index (κ3) is 4.82. The zero-order chi connectivity index (χ0) is 14.6. The molecule has 1 amide bonds. The van der Waals surface area contributed by atoms with Crippen molar-refractivity contribution in [2.24, 2.45) is 5.92 Å². The molecule has 3 atom stereocenters. The van der Waals surface area contributed by atoms with Gasteiger partial charge in [0.1, 0.15) is 6.04 Å². The highest BCUT2D eigenvalue weighted by atomic mass is 16.4. The van der Waals surface area contributed by atoms with Gasteiger partial charge in [-0.25, -0.2) is 4.79 Å². The monoisotopic (exact) mass is 270 g/mol. The van der Waals surface area contributed by atoms with E-state index in [2.05, 4.69) is 24.1 Å². The van der Waals surface area contributed by atoms with Gasteiger partial charge in [-0.1, -0.05) is 13.8 Å². The van der Waals surface area contributed by atoms with E-state index in [-0.39, 0.29) is 11.8 Å². The summed E-state index contributed by atoms with van der Waals surface area (Å²) in [6, 6.07) is 0.0176. The first-order chi connectivity index (χ1) is 8.81. The molecule has 0 saturated carbocycles. The molecule has 1 fully saturated rings. The molecule has 110 valence electrons. The summed E-state index contributed by atoms with van der Waals surface area (Å²) in [4.78, 5) is 25.2. The highest BCUT2D eigenvalue weighted by molar-refractivity contribution is 5.84. The van der Waals surface area contributed by atoms with Crippen LogP contribution in [0.15, 0.2) is 0 Å². The summed E-state index contributed by atoms with van der Waals surface area (Å²) in [7, 11) is 0. The minimum atomic E-state index is -0.954. The van der Waals surface area contributed by atoms with Crippen molar-refractivity contribution < 1.29 is 14.7 Å².